The van der Waals surface area contributed by atoms with Crippen molar-refractivity contribution in [1.29, 1.82) is 0 Å². The third kappa shape index (κ3) is 2.64. The average molecular weight is 309 g/mol. The van der Waals surface area contributed by atoms with E-state index in [-0.39, 0.29) is 23.1 Å². The minimum Gasteiger partial charge on any atom is -0.409 e. The van der Waals surface area contributed by atoms with E-state index in [4.69, 9.17) is 10.9 Å². The summed E-state index contributed by atoms with van der Waals surface area (Å²) < 4.78 is 15.6. The van der Waals surface area contributed by atoms with Crippen LogP contribution >= 0.6 is 11.8 Å². The summed E-state index contributed by atoms with van der Waals surface area (Å²) in [6.45, 7) is 0. The van der Waals surface area contributed by atoms with Gasteiger partial charge in [-0.25, -0.2) is 14.3 Å². The Labute approximate surface area is 122 Å². The molecule has 9 heteroatoms. The summed E-state index contributed by atoms with van der Waals surface area (Å²) in [7, 11) is 0. The van der Waals surface area contributed by atoms with E-state index in [0.717, 1.165) is 24.6 Å². The third-order valence-corrected chi connectivity index (χ3v) is 4.14. The molecule has 1 aliphatic carbocycles. The Kier molecular flexibility index (Phi) is 3.42. The molecule has 2 aromatic rings. The van der Waals surface area contributed by atoms with Crippen LogP contribution in [0, 0.1) is 5.82 Å². The number of oxime groups is 1. The fourth-order valence-electron chi connectivity index (χ4n) is 1.92. The maximum absolute atomic E-state index is 14.0. The Bertz CT molecular complexity index is 765. The van der Waals surface area contributed by atoms with Crippen LogP contribution in [0.4, 0.5) is 4.39 Å². The van der Waals surface area contributed by atoms with Crippen LogP contribution in [0.5, 0.6) is 0 Å². The van der Waals surface area contributed by atoms with E-state index < -0.39 is 5.82 Å². The maximum Gasteiger partial charge on any atom is 0.344 e. The second kappa shape index (κ2) is 5.24. The molecular weight excluding hydrogens is 297 g/mol. The first kappa shape index (κ1) is 13.7. The van der Waals surface area contributed by atoms with Crippen molar-refractivity contribution in [3.05, 3.63) is 40.1 Å². The van der Waals surface area contributed by atoms with Crippen LogP contribution in [0.2, 0.25) is 0 Å². The Morgan fingerprint density at radius 2 is 2.33 bits per heavy atom. The number of nitrogens with one attached hydrogen (secondary N) is 1. The molecule has 7 nitrogen and oxygen atoms in total. The molecule has 3 rings (SSSR count). The summed E-state index contributed by atoms with van der Waals surface area (Å²) in [5.41, 5.74) is 5.40. The lowest BCUT2D eigenvalue weighted by molar-refractivity contribution is 0.318. The third-order valence-electron chi connectivity index (χ3n) is 3.12. The Morgan fingerprint density at radius 3 is 2.95 bits per heavy atom. The smallest absolute Gasteiger partial charge is 0.344 e. The lowest BCUT2D eigenvalue weighted by Crippen LogP contribution is -2.16. The van der Waals surface area contributed by atoms with Gasteiger partial charge in [-0.05, 0) is 42.8 Å². The molecule has 1 fully saturated rings. The van der Waals surface area contributed by atoms with Gasteiger partial charge in [0.1, 0.15) is 5.82 Å². The average Bonchev–Trinajstić information content (AvgIpc) is 3.24. The number of amidine groups is 1. The Balaban J connectivity index is 1.90. The van der Waals surface area contributed by atoms with E-state index in [1.807, 2.05) is 0 Å². The van der Waals surface area contributed by atoms with Crippen LogP contribution in [-0.2, 0) is 0 Å². The SMILES string of the molecule is NC(=NO)c1ccc(Sc2n[nH]c(=O)n2C2CC2)c(F)c1. The fourth-order valence-corrected chi connectivity index (χ4v) is 2.83. The van der Waals surface area contributed by atoms with E-state index in [9.17, 15) is 9.18 Å². The summed E-state index contributed by atoms with van der Waals surface area (Å²) >= 11 is 1.06. The first-order chi connectivity index (χ1) is 10.1. The lowest BCUT2D eigenvalue weighted by Gasteiger charge is -2.06. The lowest BCUT2D eigenvalue weighted by atomic mass is 10.2. The molecule has 21 heavy (non-hydrogen) atoms. The monoisotopic (exact) mass is 309 g/mol. The highest BCUT2D eigenvalue weighted by Crippen LogP contribution is 2.38. The highest BCUT2D eigenvalue weighted by Gasteiger charge is 2.29. The molecule has 0 spiro atoms. The van der Waals surface area contributed by atoms with Crippen molar-refractivity contribution in [2.75, 3.05) is 0 Å². The molecule has 0 unspecified atom stereocenters. The van der Waals surface area contributed by atoms with Crippen molar-refractivity contribution in [2.45, 2.75) is 28.9 Å². The highest BCUT2D eigenvalue weighted by molar-refractivity contribution is 7.99. The summed E-state index contributed by atoms with van der Waals surface area (Å²) in [5, 5.41) is 18.1. The molecule has 0 amide bonds. The highest BCUT2D eigenvalue weighted by atomic mass is 32.2. The number of halogens is 1. The first-order valence-electron chi connectivity index (χ1n) is 6.22. The summed E-state index contributed by atoms with van der Waals surface area (Å²) in [6.07, 6.45) is 1.86. The molecule has 1 aromatic carbocycles. The molecule has 1 aliphatic rings. The number of nitrogens with zero attached hydrogens (tertiary/aromatic N) is 3. The number of aromatic amines is 1. The number of benzene rings is 1. The van der Waals surface area contributed by atoms with Gasteiger partial charge in [-0.15, -0.1) is 5.10 Å². The molecular formula is C12H12FN5O2S. The molecule has 0 aliphatic heterocycles. The molecule has 0 saturated heterocycles. The molecule has 0 bridgehead atoms. The van der Waals surface area contributed by atoms with Gasteiger partial charge in [0.25, 0.3) is 0 Å². The van der Waals surface area contributed by atoms with Crippen molar-refractivity contribution in [1.82, 2.24) is 14.8 Å². The molecule has 1 heterocycles. The normalized spacial score (nSPS) is 15.4. The standard InChI is InChI=1S/C12H12FN5O2S/c13-8-5-6(10(14)17-20)1-4-9(8)21-12-16-15-11(19)18(12)7-2-3-7/h1,4-5,7,20H,2-3H2,(H2,14,17)(H,15,19). The van der Waals surface area contributed by atoms with Crippen molar-refractivity contribution in [3.8, 4) is 0 Å². The van der Waals surface area contributed by atoms with Gasteiger partial charge in [0.15, 0.2) is 11.0 Å². The second-order valence-corrected chi connectivity index (χ2v) is 5.65. The maximum atomic E-state index is 14.0. The van der Waals surface area contributed by atoms with Crippen LogP contribution in [0.3, 0.4) is 0 Å². The van der Waals surface area contributed by atoms with Gasteiger partial charge < -0.3 is 10.9 Å². The first-order valence-corrected chi connectivity index (χ1v) is 7.04. The number of aromatic nitrogens is 3. The zero-order valence-corrected chi connectivity index (χ0v) is 11.6. The quantitative estimate of drug-likeness (QED) is 0.341. The van der Waals surface area contributed by atoms with E-state index in [2.05, 4.69) is 15.4 Å². The molecule has 1 aromatic heterocycles. The molecule has 4 N–H and O–H groups in total. The zero-order valence-electron chi connectivity index (χ0n) is 10.8. The van der Waals surface area contributed by atoms with Crippen molar-refractivity contribution in [2.24, 2.45) is 10.9 Å². The van der Waals surface area contributed by atoms with Gasteiger partial charge in [0, 0.05) is 11.6 Å². The number of rotatable bonds is 4. The summed E-state index contributed by atoms with van der Waals surface area (Å²) in [5.74, 6) is -0.693. The van der Waals surface area contributed by atoms with E-state index in [1.165, 1.54) is 18.2 Å². The molecule has 110 valence electrons. The van der Waals surface area contributed by atoms with Crippen LogP contribution < -0.4 is 11.4 Å². The Hall–Kier alpha value is -2.29. The topological polar surface area (TPSA) is 109 Å². The predicted octanol–water partition coefficient (Wildman–Crippen LogP) is 1.29. The van der Waals surface area contributed by atoms with E-state index >= 15 is 0 Å². The largest absolute Gasteiger partial charge is 0.409 e. The van der Waals surface area contributed by atoms with Gasteiger partial charge in [-0.1, -0.05) is 5.16 Å². The zero-order chi connectivity index (χ0) is 15.0. The van der Waals surface area contributed by atoms with Gasteiger partial charge in [0.2, 0.25) is 0 Å². The number of nitrogens with two attached hydrogens (primary N) is 1. The van der Waals surface area contributed by atoms with Gasteiger partial charge >= 0.3 is 5.69 Å². The molecule has 0 atom stereocenters. The molecule has 0 radical (unpaired) electrons. The van der Waals surface area contributed by atoms with E-state index in [0.29, 0.717) is 10.1 Å². The Morgan fingerprint density at radius 1 is 1.57 bits per heavy atom. The number of hydrogen-bond donors (Lipinski definition) is 3. The van der Waals surface area contributed by atoms with E-state index in [1.54, 1.807) is 4.57 Å². The molecule has 1 saturated carbocycles. The number of H-pyrrole nitrogens is 1. The van der Waals surface area contributed by atoms with Crippen LogP contribution in [0.1, 0.15) is 24.4 Å². The van der Waals surface area contributed by atoms with Crippen LogP contribution in [-0.4, -0.2) is 25.8 Å². The van der Waals surface area contributed by atoms with Gasteiger partial charge in [0.05, 0.1) is 4.90 Å². The second-order valence-electron chi connectivity index (χ2n) is 4.65. The van der Waals surface area contributed by atoms with Crippen molar-refractivity contribution < 1.29 is 9.60 Å². The minimum absolute atomic E-state index is 0.151. The van der Waals surface area contributed by atoms with Crippen LogP contribution in [0.15, 0.2) is 38.2 Å². The van der Waals surface area contributed by atoms with Gasteiger partial charge in [-0.3, -0.25) is 4.57 Å². The van der Waals surface area contributed by atoms with Crippen LogP contribution in [0.25, 0.3) is 0 Å². The van der Waals surface area contributed by atoms with Crippen molar-refractivity contribution >= 4 is 17.6 Å². The summed E-state index contributed by atoms with van der Waals surface area (Å²) in [4.78, 5) is 12.0. The van der Waals surface area contributed by atoms with Gasteiger partial charge in [-0.2, -0.15) is 0 Å². The minimum atomic E-state index is -0.526. The summed E-state index contributed by atoms with van der Waals surface area (Å²) in [6, 6.07) is 4.36. The van der Waals surface area contributed by atoms with Crippen molar-refractivity contribution in [3.63, 3.8) is 0 Å². The predicted molar refractivity (Wildman–Crippen MR) is 74.2 cm³/mol. The fraction of sp³-hybridized carbons (Fsp3) is 0.250. The number of hydrogen-bond acceptors (Lipinski definition) is 5.